The first-order chi connectivity index (χ1) is 21.6. The van der Waals surface area contributed by atoms with Gasteiger partial charge in [-0.15, -0.1) is 59.5 Å². The van der Waals surface area contributed by atoms with Crippen molar-refractivity contribution in [3.8, 4) is 11.3 Å². The van der Waals surface area contributed by atoms with E-state index in [1.54, 1.807) is 0 Å². The molecule has 0 atom stereocenters. The molecule has 1 aliphatic rings. The number of rotatable bonds is 3. The second-order valence-corrected chi connectivity index (χ2v) is 11.6. The molecular weight excluding hydrogens is 729 g/mol. The van der Waals surface area contributed by atoms with Gasteiger partial charge in [-0.2, -0.15) is 6.67 Å². The average molecular weight is 760 g/mol. The zero-order valence-corrected chi connectivity index (χ0v) is 27.7. The number of para-hydroxylation sites is 4. The van der Waals surface area contributed by atoms with Crippen molar-refractivity contribution in [3.63, 3.8) is 0 Å². The van der Waals surface area contributed by atoms with Crippen LogP contribution in [0.1, 0.15) is 19.4 Å². The maximum Gasteiger partial charge on any atom is 3.00 e. The van der Waals surface area contributed by atoms with Crippen molar-refractivity contribution in [1.29, 1.82) is 0 Å². The van der Waals surface area contributed by atoms with Crippen LogP contribution in [0.3, 0.4) is 0 Å². The standard InChI is InChI=1S/C28H21N3.C12H10N.Ir/c1-18(2)29-17-30(27-13-6-5-12-26(27)29)19-14-15-25-23(16-19)22-10-7-9-21-20-8-3-4-11-24(20)31(25)28(21)22;1-10-7-8-12(13-9-10)11-5-3-2-4-6-11;/h3-15,17-18H,1-2H3;2-5,7-9H,1H3;/q-2;-1;+3. The molecule has 9 rings (SSSR count). The van der Waals surface area contributed by atoms with E-state index in [4.69, 9.17) is 0 Å². The minimum absolute atomic E-state index is 0. The van der Waals surface area contributed by atoms with Gasteiger partial charge in [-0.3, -0.25) is 0 Å². The topological polar surface area (TPSA) is 23.8 Å². The van der Waals surface area contributed by atoms with Crippen molar-refractivity contribution >= 4 is 55.2 Å². The molecule has 1 aliphatic heterocycles. The van der Waals surface area contributed by atoms with E-state index >= 15 is 0 Å². The molecule has 45 heavy (non-hydrogen) atoms. The molecule has 5 aromatic carbocycles. The van der Waals surface area contributed by atoms with E-state index in [1.807, 2.05) is 43.5 Å². The summed E-state index contributed by atoms with van der Waals surface area (Å²) in [5.74, 6) is 0. The van der Waals surface area contributed by atoms with Crippen LogP contribution in [0, 0.1) is 25.7 Å². The predicted octanol–water partition coefficient (Wildman–Crippen LogP) is 9.98. The van der Waals surface area contributed by atoms with Gasteiger partial charge >= 0.3 is 20.1 Å². The van der Waals surface area contributed by atoms with Crippen LogP contribution in [-0.2, 0) is 20.1 Å². The van der Waals surface area contributed by atoms with Crippen LogP contribution in [-0.4, -0.2) is 15.4 Å². The zero-order valence-electron chi connectivity index (χ0n) is 25.3. The third-order valence-electron chi connectivity index (χ3n) is 8.48. The SMILES string of the molecule is CC(C)N1[CH-]N(c2[c-]c3c4cccc5c6ccccc6n(c3cc2)c45)c2ccccc21.Cc1ccc(-c2[c-]cccc2)nc1.[Ir+3]. The Bertz CT molecular complexity index is 2250. The van der Waals surface area contributed by atoms with Gasteiger partial charge < -0.3 is 19.2 Å². The van der Waals surface area contributed by atoms with Gasteiger partial charge in [-0.1, -0.05) is 71.7 Å². The number of hydrogen-bond donors (Lipinski definition) is 0. The Labute approximate surface area is 277 Å². The summed E-state index contributed by atoms with van der Waals surface area (Å²) in [6.45, 7) is 8.69. The molecule has 8 aromatic rings. The van der Waals surface area contributed by atoms with Gasteiger partial charge in [0.05, 0.1) is 0 Å². The van der Waals surface area contributed by atoms with E-state index in [9.17, 15) is 0 Å². The van der Waals surface area contributed by atoms with Crippen molar-refractivity contribution < 1.29 is 20.1 Å². The van der Waals surface area contributed by atoms with Crippen LogP contribution < -0.4 is 9.80 Å². The Morgan fingerprint density at radius 2 is 1.47 bits per heavy atom. The molecule has 0 aliphatic carbocycles. The maximum absolute atomic E-state index is 4.32. The molecule has 4 nitrogen and oxygen atoms in total. The quantitative estimate of drug-likeness (QED) is 0.168. The Hall–Kier alpha value is -4.70. The summed E-state index contributed by atoms with van der Waals surface area (Å²) in [6.07, 6.45) is 1.87. The monoisotopic (exact) mass is 760 g/mol. The fraction of sp³-hybridized carbons (Fsp3) is 0.100. The number of aryl methyl sites for hydroxylation is 1. The fourth-order valence-electron chi connectivity index (χ4n) is 6.40. The first kappa shape index (κ1) is 29.0. The molecule has 5 heteroatoms. The molecule has 0 saturated carbocycles. The van der Waals surface area contributed by atoms with Crippen LogP contribution >= 0.6 is 0 Å². The molecule has 220 valence electrons. The van der Waals surface area contributed by atoms with E-state index in [0.29, 0.717) is 6.04 Å². The van der Waals surface area contributed by atoms with Gasteiger partial charge in [0.1, 0.15) is 0 Å². The summed E-state index contributed by atoms with van der Waals surface area (Å²) in [4.78, 5) is 8.91. The second kappa shape index (κ2) is 11.7. The van der Waals surface area contributed by atoms with Crippen LogP contribution in [0.25, 0.3) is 49.4 Å². The van der Waals surface area contributed by atoms with E-state index in [2.05, 4.69) is 137 Å². The summed E-state index contributed by atoms with van der Waals surface area (Å²) in [6, 6.07) is 47.6. The largest absolute Gasteiger partial charge is 3.00 e. The van der Waals surface area contributed by atoms with Gasteiger partial charge in [-0.25, -0.2) is 0 Å². The van der Waals surface area contributed by atoms with E-state index < -0.39 is 0 Å². The Morgan fingerprint density at radius 3 is 2.24 bits per heavy atom. The number of aromatic nitrogens is 2. The predicted molar refractivity (Wildman–Crippen MR) is 184 cm³/mol. The molecule has 3 aromatic heterocycles. The van der Waals surface area contributed by atoms with Gasteiger partial charge in [0.15, 0.2) is 0 Å². The van der Waals surface area contributed by atoms with Crippen molar-refractivity contribution in [1.82, 2.24) is 9.38 Å². The molecule has 0 fully saturated rings. The smallest absolute Gasteiger partial charge is 0.499 e. The molecule has 0 amide bonds. The minimum atomic E-state index is 0. The maximum atomic E-state index is 4.32. The van der Waals surface area contributed by atoms with Gasteiger partial charge in [0.2, 0.25) is 0 Å². The summed E-state index contributed by atoms with van der Waals surface area (Å²) in [5.41, 5.74) is 10.5. The second-order valence-electron chi connectivity index (χ2n) is 11.6. The molecule has 0 radical (unpaired) electrons. The molecule has 4 heterocycles. The summed E-state index contributed by atoms with van der Waals surface area (Å²) < 4.78 is 2.40. The minimum Gasteiger partial charge on any atom is -0.499 e. The molecule has 0 bridgehead atoms. The number of hydrogen-bond acceptors (Lipinski definition) is 3. The fourth-order valence-corrected chi connectivity index (χ4v) is 6.40. The molecule has 0 spiro atoms. The number of pyridine rings is 1. The third kappa shape index (κ3) is 4.84. The number of anilines is 3. The summed E-state index contributed by atoms with van der Waals surface area (Å²) in [5, 5.41) is 5.06. The van der Waals surface area contributed by atoms with Crippen molar-refractivity contribution in [2.45, 2.75) is 26.8 Å². The first-order valence-electron chi connectivity index (χ1n) is 15.1. The molecule has 0 N–H and O–H groups in total. The molecule has 0 saturated heterocycles. The van der Waals surface area contributed by atoms with Crippen molar-refractivity contribution in [2.75, 3.05) is 9.80 Å². The number of fused-ring (bicyclic) bond motifs is 7. The zero-order chi connectivity index (χ0) is 29.8. The van der Waals surface area contributed by atoms with Gasteiger partial charge in [0.25, 0.3) is 0 Å². The Morgan fingerprint density at radius 1 is 0.711 bits per heavy atom. The van der Waals surface area contributed by atoms with Crippen LogP contribution in [0.15, 0.2) is 121 Å². The Balaban J connectivity index is 0.000000196. The first-order valence-corrected chi connectivity index (χ1v) is 15.1. The van der Waals surface area contributed by atoms with Crippen molar-refractivity contribution in [2.24, 2.45) is 0 Å². The van der Waals surface area contributed by atoms with Crippen LogP contribution in [0.2, 0.25) is 0 Å². The van der Waals surface area contributed by atoms with E-state index in [1.165, 1.54) is 55.0 Å². The number of nitrogens with zero attached hydrogens (tertiary/aromatic N) is 4. The van der Waals surface area contributed by atoms with Crippen molar-refractivity contribution in [3.05, 3.63) is 146 Å². The molecular formula is C40H31IrN4. The third-order valence-corrected chi connectivity index (χ3v) is 8.48. The van der Waals surface area contributed by atoms with E-state index in [0.717, 1.165) is 16.9 Å². The van der Waals surface area contributed by atoms with Gasteiger partial charge in [0, 0.05) is 34.0 Å². The summed E-state index contributed by atoms with van der Waals surface area (Å²) in [7, 11) is 0. The summed E-state index contributed by atoms with van der Waals surface area (Å²) >= 11 is 0. The Kier molecular flexibility index (Phi) is 7.53. The number of benzene rings is 5. The van der Waals surface area contributed by atoms with E-state index in [-0.39, 0.29) is 20.1 Å². The van der Waals surface area contributed by atoms with Gasteiger partial charge in [-0.05, 0) is 67.2 Å². The molecule has 0 unspecified atom stereocenters. The normalized spacial score (nSPS) is 12.6. The van der Waals surface area contributed by atoms with Crippen LogP contribution in [0.4, 0.5) is 17.1 Å². The average Bonchev–Trinajstić information content (AvgIpc) is 3.73. The van der Waals surface area contributed by atoms with Crippen LogP contribution in [0.5, 0.6) is 0 Å².